The first-order valence-corrected chi connectivity index (χ1v) is 5.04. The van der Waals surface area contributed by atoms with Crippen LogP contribution in [0.3, 0.4) is 0 Å². The summed E-state index contributed by atoms with van der Waals surface area (Å²) in [5, 5.41) is 3.04. The molecular formula is C12H18FNO. The molecule has 0 aromatic heterocycles. The molecule has 0 bridgehead atoms. The van der Waals surface area contributed by atoms with Crippen LogP contribution < -0.4 is 10.1 Å². The first-order chi connectivity index (χ1) is 6.94. The molecule has 0 saturated carbocycles. The molecular weight excluding hydrogens is 193 g/mol. The van der Waals surface area contributed by atoms with E-state index in [4.69, 9.17) is 4.74 Å². The summed E-state index contributed by atoms with van der Waals surface area (Å²) in [5.74, 6) is 0.339. The molecule has 0 atom stereocenters. The molecule has 1 aromatic carbocycles. The second-order valence-corrected chi connectivity index (χ2v) is 4.30. The Balaban J connectivity index is 2.83. The number of rotatable bonds is 4. The summed E-state index contributed by atoms with van der Waals surface area (Å²) in [5.41, 5.74) is 0.605. The maximum absolute atomic E-state index is 13.0. The van der Waals surface area contributed by atoms with E-state index in [0.717, 1.165) is 5.56 Å². The second kappa shape index (κ2) is 4.62. The molecule has 1 rings (SSSR count). The van der Waals surface area contributed by atoms with E-state index in [1.165, 1.54) is 12.1 Å². The Morgan fingerprint density at radius 3 is 2.67 bits per heavy atom. The fraction of sp³-hybridized carbons (Fsp3) is 0.500. The van der Waals surface area contributed by atoms with Gasteiger partial charge in [-0.15, -0.1) is 0 Å². The fourth-order valence-corrected chi connectivity index (χ4v) is 1.44. The molecule has 84 valence electrons. The molecule has 15 heavy (non-hydrogen) atoms. The summed E-state index contributed by atoms with van der Waals surface area (Å²) >= 11 is 0. The van der Waals surface area contributed by atoms with Crippen molar-refractivity contribution in [3.05, 3.63) is 29.6 Å². The molecule has 1 N–H and O–H groups in total. The van der Waals surface area contributed by atoms with Crippen LogP contribution in [0.1, 0.15) is 19.4 Å². The summed E-state index contributed by atoms with van der Waals surface area (Å²) < 4.78 is 18.8. The molecule has 0 saturated heterocycles. The standard InChI is InChI=1S/C12H18FNO/c1-9-5-6-10(13)7-11(9)15-12(2,3)8-14-4/h5-7,14H,8H2,1-4H3. The monoisotopic (exact) mass is 211 g/mol. The average molecular weight is 211 g/mol. The van der Waals surface area contributed by atoms with Crippen molar-refractivity contribution in [2.24, 2.45) is 0 Å². The summed E-state index contributed by atoms with van der Waals surface area (Å²) in [4.78, 5) is 0. The minimum atomic E-state index is -0.340. The van der Waals surface area contributed by atoms with E-state index in [1.54, 1.807) is 6.07 Å². The molecule has 0 radical (unpaired) electrons. The van der Waals surface area contributed by atoms with Crippen molar-refractivity contribution in [1.29, 1.82) is 0 Å². The van der Waals surface area contributed by atoms with Gasteiger partial charge in [-0.25, -0.2) is 4.39 Å². The molecule has 0 aliphatic carbocycles. The van der Waals surface area contributed by atoms with Crippen LogP contribution in [0.2, 0.25) is 0 Å². The number of nitrogens with one attached hydrogen (secondary N) is 1. The summed E-state index contributed by atoms with van der Waals surface area (Å²) in [6.07, 6.45) is 0. The molecule has 0 amide bonds. The lowest BCUT2D eigenvalue weighted by Crippen LogP contribution is -2.39. The molecule has 0 heterocycles. The van der Waals surface area contributed by atoms with Crippen molar-refractivity contribution in [3.8, 4) is 5.75 Å². The third-order valence-electron chi connectivity index (χ3n) is 2.14. The number of hydrogen-bond acceptors (Lipinski definition) is 2. The first-order valence-electron chi connectivity index (χ1n) is 5.04. The quantitative estimate of drug-likeness (QED) is 0.826. The van der Waals surface area contributed by atoms with E-state index < -0.39 is 0 Å². The van der Waals surface area contributed by atoms with Gasteiger partial charge >= 0.3 is 0 Å². The SMILES string of the molecule is CNCC(C)(C)Oc1cc(F)ccc1C. The van der Waals surface area contributed by atoms with Crippen molar-refractivity contribution in [2.75, 3.05) is 13.6 Å². The third kappa shape index (κ3) is 3.51. The van der Waals surface area contributed by atoms with E-state index in [9.17, 15) is 4.39 Å². The normalized spacial score (nSPS) is 11.5. The summed E-state index contributed by atoms with van der Waals surface area (Å²) in [7, 11) is 1.86. The van der Waals surface area contributed by atoms with Gasteiger partial charge in [0.05, 0.1) is 0 Å². The Morgan fingerprint density at radius 1 is 1.40 bits per heavy atom. The summed E-state index contributed by atoms with van der Waals surface area (Å²) in [6.45, 7) is 6.55. The van der Waals surface area contributed by atoms with Crippen LogP contribution in [-0.4, -0.2) is 19.2 Å². The highest BCUT2D eigenvalue weighted by molar-refractivity contribution is 5.33. The number of benzene rings is 1. The van der Waals surface area contributed by atoms with Crippen LogP contribution in [0.15, 0.2) is 18.2 Å². The van der Waals surface area contributed by atoms with Crippen LogP contribution >= 0.6 is 0 Å². The smallest absolute Gasteiger partial charge is 0.126 e. The Kier molecular flexibility index (Phi) is 3.69. The zero-order valence-corrected chi connectivity index (χ0v) is 9.73. The van der Waals surface area contributed by atoms with E-state index in [0.29, 0.717) is 12.3 Å². The van der Waals surface area contributed by atoms with Crippen molar-refractivity contribution >= 4 is 0 Å². The zero-order chi connectivity index (χ0) is 11.5. The molecule has 0 fully saturated rings. The van der Waals surface area contributed by atoms with E-state index in [2.05, 4.69) is 5.32 Å². The molecule has 0 unspecified atom stereocenters. The first kappa shape index (κ1) is 12.0. The Labute approximate surface area is 90.4 Å². The topological polar surface area (TPSA) is 21.3 Å². The Hall–Kier alpha value is -1.09. The highest BCUT2D eigenvalue weighted by Crippen LogP contribution is 2.23. The third-order valence-corrected chi connectivity index (χ3v) is 2.14. The van der Waals surface area contributed by atoms with Gasteiger partial charge in [0.25, 0.3) is 0 Å². The van der Waals surface area contributed by atoms with Gasteiger partial charge in [0.15, 0.2) is 0 Å². The number of ether oxygens (including phenoxy) is 1. The summed E-state index contributed by atoms with van der Waals surface area (Å²) in [6, 6.07) is 4.58. The van der Waals surface area contributed by atoms with Gasteiger partial charge in [0.1, 0.15) is 17.2 Å². The lowest BCUT2D eigenvalue weighted by Gasteiger charge is -2.27. The largest absolute Gasteiger partial charge is 0.486 e. The molecule has 0 aliphatic heterocycles. The van der Waals surface area contributed by atoms with Crippen LogP contribution in [0.5, 0.6) is 5.75 Å². The lowest BCUT2D eigenvalue weighted by molar-refractivity contribution is 0.109. The number of likely N-dealkylation sites (N-methyl/N-ethyl adjacent to an activating group) is 1. The maximum atomic E-state index is 13.0. The van der Waals surface area contributed by atoms with Crippen molar-refractivity contribution in [1.82, 2.24) is 5.32 Å². The van der Waals surface area contributed by atoms with Gasteiger partial charge in [-0.05, 0) is 39.4 Å². The number of hydrogen-bond donors (Lipinski definition) is 1. The second-order valence-electron chi connectivity index (χ2n) is 4.30. The van der Waals surface area contributed by atoms with Gasteiger partial charge < -0.3 is 10.1 Å². The van der Waals surface area contributed by atoms with Crippen LogP contribution in [0.4, 0.5) is 4.39 Å². The van der Waals surface area contributed by atoms with Crippen LogP contribution in [0.25, 0.3) is 0 Å². The van der Waals surface area contributed by atoms with Gasteiger partial charge in [0.2, 0.25) is 0 Å². The number of aryl methyl sites for hydroxylation is 1. The zero-order valence-electron chi connectivity index (χ0n) is 9.73. The van der Waals surface area contributed by atoms with Gasteiger partial charge in [-0.2, -0.15) is 0 Å². The van der Waals surface area contributed by atoms with Crippen LogP contribution in [0, 0.1) is 12.7 Å². The predicted molar refractivity (Wildman–Crippen MR) is 59.8 cm³/mol. The Morgan fingerprint density at radius 2 is 2.07 bits per heavy atom. The molecule has 2 nitrogen and oxygen atoms in total. The molecule has 0 spiro atoms. The van der Waals surface area contributed by atoms with E-state index in [1.807, 2.05) is 27.8 Å². The fourth-order valence-electron chi connectivity index (χ4n) is 1.44. The minimum Gasteiger partial charge on any atom is -0.486 e. The average Bonchev–Trinajstić information content (AvgIpc) is 2.10. The molecule has 3 heteroatoms. The molecule has 1 aromatic rings. The van der Waals surface area contributed by atoms with Crippen LogP contribution in [-0.2, 0) is 0 Å². The number of halogens is 1. The van der Waals surface area contributed by atoms with Gasteiger partial charge in [0, 0.05) is 12.6 Å². The minimum absolute atomic E-state index is 0.268. The van der Waals surface area contributed by atoms with Crippen molar-refractivity contribution in [2.45, 2.75) is 26.4 Å². The van der Waals surface area contributed by atoms with Gasteiger partial charge in [-0.1, -0.05) is 6.07 Å². The Bertz CT molecular complexity index is 336. The van der Waals surface area contributed by atoms with Crippen molar-refractivity contribution in [3.63, 3.8) is 0 Å². The lowest BCUT2D eigenvalue weighted by atomic mass is 10.1. The predicted octanol–water partition coefficient (Wildman–Crippen LogP) is 2.51. The van der Waals surface area contributed by atoms with E-state index >= 15 is 0 Å². The van der Waals surface area contributed by atoms with E-state index in [-0.39, 0.29) is 11.4 Å². The maximum Gasteiger partial charge on any atom is 0.126 e. The van der Waals surface area contributed by atoms with Crippen molar-refractivity contribution < 1.29 is 9.13 Å². The molecule has 0 aliphatic rings. The highest BCUT2D eigenvalue weighted by Gasteiger charge is 2.19. The highest BCUT2D eigenvalue weighted by atomic mass is 19.1. The van der Waals surface area contributed by atoms with Gasteiger partial charge in [-0.3, -0.25) is 0 Å².